The molecule has 0 N–H and O–H groups in total. The maximum Gasteiger partial charge on any atom is 0.264 e. The minimum Gasteiger partial charge on any atom is -0.467 e. The first kappa shape index (κ1) is 25.7. The van der Waals surface area contributed by atoms with E-state index in [4.69, 9.17) is 9.40 Å². The molecule has 2 aromatic heterocycles. The van der Waals surface area contributed by atoms with Gasteiger partial charge in [-0.25, -0.2) is 13.4 Å². The van der Waals surface area contributed by atoms with E-state index in [9.17, 15) is 13.2 Å². The molecule has 1 amide bonds. The summed E-state index contributed by atoms with van der Waals surface area (Å²) in [4.78, 5) is 20.3. The van der Waals surface area contributed by atoms with Crippen LogP contribution in [0.1, 0.15) is 34.2 Å². The molecular weight excluding hydrogens is 518 g/mol. The molecular formula is C29H27N3O4S2. The lowest BCUT2D eigenvalue weighted by Crippen LogP contribution is -2.31. The van der Waals surface area contributed by atoms with Crippen LogP contribution in [0.25, 0.3) is 10.2 Å². The maximum absolute atomic E-state index is 13.8. The summed E-state index contributed by atoms with van der Waals surface area (Å²) in [6.45, 7) is 6.32. The number of hydrogen-bond acceptors (Lipinski definition) is 6. The zero-order valence-electron chi connectivity index (χ0n) is 21.3. The first-order valence-electron chi connectivity index (χ1n) is 12.2. The van der Waals surface area contributed by atoms with Crippen molar-refractivity contribution in [3.05, 3.63) is 108 Å². The normalized spacial score (nSPS) is 11.6. The Morgan fingerprint density at radius 1 is 0.947 bits per heavy atom. The second kappa shape index (κ2) is 10.4. The van der Waals surface area contributed by atoms with Crippen molar-refractivity contribution in [2.45, 2.75) is 32.2 Å². The number of nitrogens with zero attached hydrogens (tertiary/aromatic N) is 3. The molecule has 0 aliphatic heterocycles. The van der Waals surface area contributed by atoms with Gasteiger partial charge in [0.05, 0.1) is 33.6 Å². The van der Waals surface area contributed by atoms with Gasteiger partial charge in [-0.1, -0.05) is 35.6 Å². The molecule has 5 rings (SSSR count). The van der Waals surface area contributed by atoms with Crippen molar-refractivity contribution in [1.82, 2.24) is 4.98 Å². The average molecular weight is 546 g/mol. The number of carbonyl (C=O) groups excluding carboxylic acids is 1. The number of amides is 1. The number of rotatable bonds is 8. The molecule has 0 saturated heterocycles. The van der Waals surface area contributed by atoms with Crippen molar-refractivity contribution < 1.29 is 17.6 Å². The van der Waals surface area contributed by atoms with Gasteiger partial charge < -0.3 is 4.42 Å². The van der Waals surface area contributed by atoms with E-state index in [2.05, 4.69) is 0 Å². The monoisotopic (exact) mass is 545 g/mol. The third kappa shape index (κ3) is 4.82. The molecule has 38 heavy (non-hydrogen) atoms. The zero-order chi connectivity index (χ0) is 26.9. The van der Waals surface area contributed by atoms with Crippen molar-refractivity contribution in [1.29, 1.82) is 0 Å². The number of anilines is 2. The predicted molar refractivity (Wildman–Crippen MR) is 151 cm³/mol. The van der Waals surface area contributed by atoms with Crippen molar-refractivity contribution in [2.75, 3.05) is 15.7 Å². The Balaban J connectivity index is 1.49. The quantitative estimate of drug-likeness (QED) is 0.220. The molecule has 194 valence electrons. The molecule has 0 aliphatic rings. The van der Waals surface area contributed by atoms with Gasteiger partial charge in [0.15, 0.2) is 5.13 Å². The largest absolute Gasteiger partial charge is 0.467 e. The highest BCUT2D eigenvalue weighted by Crippen LogP contribution is 2.34. The number of sulfonamides is 1. The maximum atomic E-state index is 13.8. The molecule has 7 nitrogen and oxygen atoms in total. The lowest BCUT2D eigenvalue weighted by molar-refractivity contribution is 0.0983. The number of carbonyl (C=O) groups is 1. The summed E-state index contributed by atoms with van der Waals surface area (Å²) in [5, 5.41) is 0.549. The summed E-state index contributed by atoms with van der Waals surface area (Å²) in [5.41, 5.74) is 4.01. The van der Waals surface area contributed by atoms with E-state index in [1.165, 1.54) is 27.8 Å². The van der Waals surface area contributed by atoms with Gasteiger partial charge in [0.1, 0.15) is 5.76 Å². The lowest BCUT2D eigenvalue weighted by atomic mass is 10.1. The molecule has 0 spiro atoms. The third-order valence-electron chi connectivity index (χ3n) is 6.46. The van der Waals surface area contributed by atoms with Gasteiger partial charge in [-0.15, -0.1) is 0 Å². The number of para-hydroxylation sites is 1. The molecule has 9 heteroatoms. The molecule has 0 bridgehead atoms. The van der Waals surface area contributed by atoms with Crippen LogP contribution in [-0.2, 0) is 16.6 Å². The number of benzene rings is 3. The van der Waals surface area contributed by atoms with E-state index in [-0.39, 0.29) is 23.9 Å². The highest BCUT2D eigenvalue weighted by atomic mass is 32.2. The molecule has 2 heterocycles. The van der Waals surface area contributed by atoms with Gasteiger partial charge in [-0.3, -0.25) is 14.0 Å². The molecule has 0 atom stereocenters. The fraction of sp³-hybridized carbons (Fsp3) is 0.172. The van der Waals surface area contributed by atoms with E-state index in [1.807, 2.05) is 38.1 Å². The predicted octanol–water partition coefficient (Wildman–Crippen LogP) is 6.57. The Bertz CT molecular complexity index is 1680. The van der Waals surface area contributed by atoms with Crippen molar-refractivity contribution in [3.63, 3.8) is 0 Å². The summed E-state index contributed by atoms with van der Waals surface area (Å²) in [7, 11) is -3.80. The number of furan rings is 1. The summed E-state index contributed by atoms with van der Waals surface area (Å²) < 4.78 is 34.6. The molecule has 5 aromatic rings. The topological polar surface area (TPSA) is 83.7 Å². The minimum atomic E-state index is -3.80. The summed E-state index contributed by atoms with van der Waals surface area (Å²) in [5.74, 6) is 0.320. The minimum absolute atomic E-state index is 0.114. The number of thiazole rings is 1. The second-order valence-corrected chi connectivity index (χ2v) is 11.7. The zero-order valence-corrected chi connectivity index (χ0v) is 22.9. The Hall–Kier alpha value is -3.95. The number of aromatic nitrogens is 1. The van der Waals surface area contributed by atoms with Gasteiger partial charge >= 0.3 is 0 Å². The highest BCUT2D eigenvalue weighted by molar-refractivity contribution is 7.92. The van der Waals surface area contributed by atoms with Crippen LogP contribution in [-0.4, -0.2) is 25.9 Å². The fourth-order valence-corrected chi connectivity index (χ4v) is 6.75. The first-order chi connectivity index (χ1) is 18.3. The standard InChI is InChI=1S/C29H27N3O4S2/c1-4-32(23-9-6-5-7-10-23)38(34,35)25-15-13-22(14-16-25)28(33)31(19-24-11-8-18-36-24)29-30-27-21(3)20(2)12-17-26(27)37-29/h5-18H,4,19H2,1-3H3. The Morgan fingerprint density at radius 3 is 2.34 bits per heavy atom. The van der Waals surface area contributed by atoms with Crippen molar-refractivity contribution in [3.8, 4) is 0 Å². The summed E-state index contributed by atoms with van der Waals surface area (Å²) in [6.07, 6.45) is 1.57. The van der Waals surface area contributed by atoms with Gasteiger partial charge in [-0.2, -0.15) is 0 Å². The van der Waals surface area contributed by atoms with E-state index in [0.29, 0.717) is 22.1 Å². The molecule has 0 unspecified atom stereocenters. The number of fused-ring (bicyclic) bond motifs is 1. The molecule has 3 aromatic carbocycles. The van der Waals surface area contributed by atoms with Crippen LogP contribution in [0.15, 0.2) is 94.4 Å². The van der Waals surface area contributed by atoms with Crippen LogP contribution in [0.4, 0.5) is 10.8 Å². The average Bonchev–Trinajstić information content (AvgIpc) is 3.60. The smallest absolute Gasteiger partial charge is 0.264 e. The third-order valence-corrected chi connectivity index (χ3v) is 9.43. The van der Waals surface area contributed by atoms with E-state index in [0.717, 1.165) is 21.3 Å². The van der Waals surface area contributed by atoms with Crippen LogP contribution in [0.5, 0.6) is 0 Å². The van der Waals surface area contributed by atoms with Gasteiger partial charge in [0, 0.05) is 12.1 Å². The van der Waals surface area contributed by atoms with Crippen LogP contribution in [0.2, 0.25) is 0 Å². The lowest BCUT2D eigenvalue weighted by Gasteiger charge is -2.23. The molecule has 0 radical (unpaired) electrons. The van der Waals surface area contributed by atoms with Crippen molar-refractivity contribution >= 4 is 48.3 Å². The van der Waals surface area contributed by atoms with Crippen molar-refractivity contribution in [2.24, 2.45) is 0 Å². The molecule has 0 fully saturated rings. The van der Waals surface area contributed by atoms with Gasteiger partial charge in [0.2, 0.25) is 0 Å². The number of hydrogen-bond donors (Lipinski definition) is 0. The van der Waals surface area contributed by atoms with Gasteiger partial charge in [-0.05, 0) is 86.5 Å². The van der Waals surface area contributed by atoms with E-state index in [1.54, 1.807) is 60.6 Å². The van der Waals surface area contributed by atoms with E-state index < -0.39 is 10.0 Å². The first-order valence-corrected chi connectivity index (χ1v) is 14.4. The Labute approximate surface area is 226 Å². The number of aryl methyl sites for hydroxylation is 2. The SMILES string of the molecule is CCN(c1ccccc1)S(=O)(=O)c1ccc(C(=O)N(Cc2ccco2)c2nc3c(C)c(C)ccc3s2)cc1. The van der Waals surface area contributed by atoms with Crippen LogP contribution >= 0.6 is 11.3 Å². The summed E-state index contributed by atoms with van der Waals surface area (Å²) >= 11 is 1.43. The fourth-order valence-electron chi connectivity index (χ4n) is 4.25. The van der Waals surface area contributed by atoms with Gasteiger partial charge in [0.25, 0.3) is 15.9 Å². The Morgan fingerprint density at radius 2 is 1.68 bits per heavy atom. The van der Waals surface area contributed by atoms with Crippen LogP contribution < -0.4 is 9.21 Å². The van der Waals surface area contributed by atoms with Crippen LogP contribution in [0, 0.1) is 13.8 Å². The second-order valence-electron chi connectivity index (χ2n) is 8.85. The highest BCUT2D eigenvalue weighted by Gasteiger charge is 2.26. The summed E-state index contributed by atoms with van der Waals surface area (Å²) in [6, 6.07) is 22.6. The van der Waals surface area contributed by atoms with E-state index >= 15 is 0 Å². The van der Waals surface area contributed by atoms with Crippen LogP contribution in [0.3, 0.4) is 0 Å². The Kier molecular flexibility index (Phi) is 7.05. The molecule has 0 aliphatic carbocycles. The molecule has 0 saturated carbocycles.